The number of hydrogen-bond acceptors (Lipinski definition) is 2. The number of alkyl halides is 2. The van der Waals surface area contributed by atoms with Crippen LogP contribution in [-0.2, 0) is 4.74 Å². The highest BCUT2D eigenvalue weighted by molar-refractivity contribution is 4.88. The van der Waals surface area contributed by atoms with Gasteiger partial charge in [-0.15, -0.1) is 6.58 Å². The molecule has 1 N–H and O–H groups in total. The second-order valence-electron chi connectivity index (χ2n) is 3.40. The zero-order valence-electron chi connectivity index (χ0n) is 8.51. The van der Waals surface area contributed by atoms with Gasteiger partial charge in [0.1, 0.15) is 6.61 Å². The fourth-order valence-electron chi connectivity index (χ4n) is 0.949. The maximum atomic E-state index is 11.6. The summed E-state index contributed by atoms with van der Waals surface area (Å²) in [5, 5.41) is 9.35. The van der Waals surface area contributed by atoms with Gasteiger partial charge in [0, 0.05) is 6.61 Å². The highest BCUT2D eigenvalue weighted by Crippen LogP contribution is 2.07. The van der Waals surface area contributed by atoms with Crippen LogP contribution in [0.3, 0.4) is 0 Å². The summed E-state index contributed by atoms with van der Waals surface area (Å²) in [5.41, 5.74) is 1.01. The van der Waals surface area contributed by atoms with Gasteiger partial charge in [0.15, 0.2) is 0 Å². The lowest BCUT2D eigenvalue weighted by molar-refractivity contribution is 0.00430. The maximum Gasteiger partial charge on any atom is 0.261 e. The zero-order valence-corrected chi connectivity index (χ0v) is 8.51. The third-order valence-corrected chi connectivity index (χ3v) is 1.74. The SMILES string of the molecule is C=C(C)CCC(O)CCOCC(F)F. The van der Waals surface area contributed by atoms with Gasteiger partial charge in [-0.3, -0.25) is 0 Å². The van der Waals surface area contributed by atoms with Crippen LogP contribution in [-0.4, -0.2) is 30.8 Å². The smallest absolute Gasteiger partial charge is 0.261 e. The Morgan fingerprint density at radius 2 is 2.07 bits per heavy atom. The average molecular weight is 208 g/mol. The monoisotopic (exact) mass is 208 g/mol. The zero-order chi connectivity index (χ0) is 11.0. The molecule has 0 bridgehead atoms. The van der Waals surface area contributed by atoms with E-state index >= 15 is 0 Å². The molecule has 84 valence electrons. The summed E-state index contributed by atoms with van der Waals surface area (Å²) in [6, 6.07) is 0. The minimum atomic E-state index is -2.43. The number of aliphatic hydroxyl groups excluding tert-OH is 1. The van der Waals surface area contributed by atoms with Crippen molar-refractivity contribution in [2.75, 3.05) is 13.2 Å². The quantitative estimate of drug-likeness (QED) is 0.490. The van der Waals surface area contributed by atoms with E-state index in [1.807, 2.05) is 6.92 Å². The van der Waals surface area contributed by atoms with E-state index in [-0.39, 0.29) is 6.61 Å². The van der Waals surface area contributed by atoms with E-state index in [1.54, 1.807) is 0 Å². The molecule has 4 heteroatoms. The van der Waals surface area contributed by atoms with Crippen LogP contribution in [0.2, 0.25) is 0 Å². The lowest BCUT2D eigenvalue weighted by Gasteiger charge is -2.10. The highest BCUT2D eigenvalue weighted by atomic mass is 19.3. The summed E-state index contributed by atoms with van der Waals surface area (Å²) >= 11 is 0. The second kappa shape index (κ2) is 7.88. The van der Waals surface area contributed by atoms with E-state index in [1.165, 1.54) is 0 Å². The fourth-order valence-corrected chi connectivity index (χ4v) is 0.949. The van der Waals surface area contributed by atoms with Crippen LogP contribution < -0.4 is 0 Å². The number of rotatable bonds is 8. The van der Waals surface area contributed by atoms with Crippen LogP contribution in [0.15, 0.2) is 12.2 Å². The number of aliphatic hydroxyl groups is 1. The number of halogens is 2. The maximum absolute atomic E-state index is 11.6. The topological polar surface area (TPSA) is 29.5 Å². The molecule has 0 heterocycles. The minimum absolute atomic E-state index is 0.182. The summed E-state index contributed by atoms with van der Waals surface area (Å²) in [6.07, 6.45) is -1.13. The molecule has 0 amide bonds. The minimum Gasteiger partial charge on any atom is -0.393 e. The van der Waals surface area contributed by atoms with Crippen molar-refractivity contribution in [3.05, 3.63) is 12.2 Å². The van der Waals surface area contributed by atoms with Gasteiger partial charge in [-0.05, 0) is 26.2 Å². The summed E-state index contributed by atoms with van der Waals surface area (Å²) in [4.78, 5) is 0. The molecule has 0 aromatic rings. The van der Waals surface area contributed by atoms with Gasteiger partial charge < -0.3 is 9.84 Å². The molecule has 0 aromatic carbocycles. The van der Waals surface area contributed by atoms with Gasteiger partial charge in [-0.2, -0.15) is 0 Å². The molecule has 0 rings (SSSR count). The number of allylic oxidation sites excluding steroid dienone is 1. The fraction of sp³-hybridized carbons (Fsp3) is 0.800. The van der Waals surface area contributed by atoms with Gasteiger partial charge in [-0.1, -0.05) is 5.57 Å². The van der Waals surface area contributed by atoms with E-state index in [2.05, 4.69) is 11.3 Å². The Hall–Kier alpha value is -0.480. The standard InChI is InChI=1S/C10H18F2O2/c1-8(2)3-4-9(13)5-6-14-7-10(11)12/h9-10,13H,1,3-7H2,2H3. The molecular weight excluding hydrogens is 190 g/mol. The van der Waals surface area contributed by atoms with Crippen molar-refractivity contribution in [1.82, 2.24) is 0 Å². The van der Waals surface area contributed by atoms with Gasteiger partial charge in [-0.25, -0.2) is 8.78 Å². The molecule has 0 fully saturated rings. The van der Waals surface area contributed by atoms with Crippen molar-refractivity contribution in [3.8, 4) is 0 Å². The molecule has 0 aromatic heterocycles. The molecule has 1 unspecified atom stereocenters. The Balaban J connectivity index is 3.26. The third-order valence-electron chi connectivity index (χ3n) is 1.74. The molecule has 0 aliphatic carbocycles. The predicted molar refractivity (Wildman–Crippen MR) is 51.5 cm³/mol. The highest BCUT2D eigenvalue weighted by Gasteiger charge is 2.06. The largest absolute Gasteiger partial charge is 0.393 e. The summed E-state index contributed by atoms with van der Waals surface area (Å²) in [5.74, 6) is 0. The van der Waals surface area contributed by atoms with Crippen molar-refractivity contribution < 1.29 is 18.6 Å². The lowest BCUT2D eigenvalue weighted by atomic mass is 10.1. The summed E-state index contributed by atoms with van der Waals surface area (Å²) in [7, 11) is 0. The van der Waals surface area contributed by atoms with Crippen molar-refractivity contribution in [1.29, 1.82) is 0 Å². The number of ether oxygens (including phenoxy) is 1. The molecule has 0 saturated carbocycles. The van der Waals surface area contributed by atoms with Crippen LogP contribution in [0.25, 0.3) is 0 Å². The molecule has 0 aliphatic heterocycles. The van der Waals surface area contributed by atoms with Gasteiger partial charge in [0.05, 0.1) is 6.10 Å². The molecule has 1 atom stereocenters. The first-order valence-corrected chi connectivity index (χ1v) is 4.70. The normalized spacial score (nSPS) is 13.2. The van der Waals surface area contributed by atoms with Crippen molar-refractivity contribution in [2.45, 2.75) is 38.7 Å². The van der Waals surface area contributed by atoms with Gasteiger partial charge in [0.25, 0.3) is 6.43 Å². The van der Waals surface area contributed by atoms with Crippen LogP contribution in [0.4, 0.5) is 8.78 Å². The third kappa shape index (κ3) is 9.61. The van der Waals surface area contributed by atoms with E-state index in [0.29, 0.717) is 12.8 Å². The summed E-state index contributed by atoms with van der Waals surface area (Å²) < 4.78 is 27.9. The van der Waals surface area contributed by atoms with Crippen LogP contribution >= 0.6 is 0 Å². The Kier molecular flexibility index (Phi) is 7.61. The molecule has 0 spiro atoms. The van der Waals surface area contributed by atoms with E-state index < -0.39 is 19.1 Å². The molecular formula is C10H18F2O2. The van der Waals surface area contributed by atoms with Crippen LogP contribution in [0.5, 0.6) is 0 Å². The van der Waals surface area contributed by atoms with Crippen LogP contribution in [0, 0.1) is 0 Å². The predicted octanol–water partition coefficient (Wildman–Crippen LogP) is 2.38. The lowest BCUT2D eigenvalue weighted by Crippen LogP contribution is -2.13. The molecule has 2 nitrogen and oxygen atoms in total. The second-order valence-corrected chi connectivity index (χ2v) is 3.40. The first kappa shape index (κ1) is 13.5. The van der Waals surface area contributed by atoms with Gasteiger partial charge in [0.2, 0.25) is 0 Å². The molecule has 0 saturated heterocycles. The first-order valence-electron chi connectivity index (χ1n) is 4.70. The van der Waals surface area contributed by atoms with E-state index in [9.17, 15) is 13.9 Å². The Bertz CT molecular complexity index is 160. The Morgan fingerprint density at radius 1 is 1.43 bits per heavy atom. The Labute approximate surface area is 83.6 Å². The summed E-state index contributed by atoms with van der Waals surface area (Å²) in [6.45, 7) is 5.23. The van der Waals surface area contributed by atoms with E-state index in [0.717, 1.165) is 12.0 Å². The molecule has 0 radical (unpaired) electrons. The Morgan fingerprint density at radius 3 is 2.57 bits per heavy atom. The van der Waals surface area contributed by atoms with Crippen molar-refractivity contribution >= 4 is 0 Å². The molecule has 0 aliphatic rings. The molecule has 14 heavy (non-hydrogen) atoms. The van der Waals surface area contributed by atoms with E-state index in [4.69, 9.17) is 0 Å². The number of hydrogen-bond donors (Lipinski definition) is 1. The van der Waals surface area contributed by atoms with Crippen LogP contribution in [0.1, 0.15) is 26.2 Å². The van der Waals surface area contributed by atoms with Gasteiger partial charge >= 0.3 is 0 Å². The average Bonchev–Trinajstić information content (AvgIpc) is 2.08. The first-order chi connectivity index (χ1) is 6.52. The van der Waals surface area contributed by atoms with Crippen molar-refractivity contribution in [3.63, 3.8) is 0 Å². The van der Waals surface area contributed by atoms with Crippen molar-refractivity contribution in [2.24, 2.45) is 0 Å².